The van der Waals surface area contributed by atoms with Crippen LogP contribution in [0, 0.1) is 0 Å². The Balaban J connectivity index is 2.11. The van der Waals surface area contributed by atoms with Crippen LogP contribution in [0.1, 0.15) is 24.4 Å². The van der Waals surface area contributed by atoms with Gasteiger partial charge in [-0.25, -0.2) is 0 Å². The van der Waals surface area contributed by atoms with Crippen molar-refractivity contribution in [1.29, 1.82) is 0 Å². The lowest BCUT2D eigenvalue weighted by Crippen LogP contribution is -2.37. The molecule has 3 N–H and O–H groups in total. The molecule has 0 radical (unpaired) electrons. The maximum absolute atomic E-state index is 11.7. The minimum atomic E-state index is -0.575. The van der Waals surface area contributed by atoms with Crippen LogP contribution in [0.5, 0.6) is 11.5 Å². The standard InChI is InChI=1S/C15H22N2O4/c1-19-12-6-5-10(8-13(12)20-2)14(15(16)18)17-9-11-4-3-7-21-11/h5-6,8,11,14,17H,3-4,7,9H2,1-2H3,(H2,16,18). The Bertz CT molecular complexity index is 487. The third-order valence-corrected chi connectivity index (χ3v) is 3.60. The van der Waals surface area contributed by atoms with Crippen LogP contribution in [-0.4, -0.2) is 39.4 Å². The Kier molecular flexibility index (Phi) is 5.41. The molecule has 6 nitrogen and oxygen atoms in total. The van der Waals surface area contributed by atoms with E-state index in [1.54, 1.807) is 32.4 Å². The summed E-state index contributed by atoms with van der Waals surface area (Å²) in [6, 6.07) is 4.75. The highest BCUT2D eigenvalue weighted by Crippen LogP contribution is 2.30. The second kappa shape index (κ2) is 7.28. The third-order valence-electron chi connectivity index (χ3n) is 3.60. The lowest BCUT2D eigenvalue weighted by Gasteiger charge is -2.19. The molecule has 0 spiro atoms. The van der Waals surface area contributed by atoms with Gasteiger partial charge in [0.05, 0.1) is 20.3 Å². The number of hydrogen-bond acceptors (Lipinski definition) is 5. The van der Waals surface area contributed by atoms with Crippen LogP contribution in [0.15, 0.2) is 18.2 Å². The highest BCUT2D eigenvalue weighted by molar-refractivity contribution is 5.81. The first-order chi connectivity index (χ1) is 10.2. The summed E-state index contributed by atoms with van der Waals surface area (Å²) in [6.45, 7) is 1.38. The van der Waals surface area contributed by atoms with Gasteiger partial charge < -0.3 is 19.9 Å². The van der Waals surface area contributed by atoms with Crippen molar-refractivity contribution in [2.45, 2.75) is 25.0 Å². The number of carbonyl (C=O) groups excluding carboxylic acids is 1. The second-order valence-electron chi connectivity index (χ2n) is 4.99. The van der Waals surface area contributed by atoms with Gasteiger partial charge in [-0.05, 0) is 30.5 Å². The van der Waals surface area contributed by atoms with Gasteiger partial charge in [-0.15, -0.1) is 0 Å². The molecular weight excluding hydrogens is 272 g/mol. The number of rotatable bonds is 7. The Morgan fingerprint density at radius 1 is 1.43 bits per heavy atom. The number of benzene rings is 1. The molecule has 116 valence electrons. The average Bonchev–Trinajstić information content (AvgIpc) is 3.00. The largest absolute Gasteiger partial charge is 0.493 e. The van der Waals surface area contributed by atoms with E-state index in [4.69, 9.17) is 19.9 Å². The van der Waals surface area contributed by atoms with Crippen LogP contribution in [0.4, 0.5) is 0 Å². The molecule has 1 heterocycles. The third kappa shape index (κ3) is 3.86. The molecule has 2 rings (SSSR count). The van der Waals surface area contributed by atoms with Gasteiger partial charge in [0.1, 0.15) is 6.04 Å². The van der Waals surface area contributed by atoms with Crippen LogP contribution in [0.3, 0.4) is 0 Å². The van der Waals surface area contributed by atoms with Crippen molar-refractivity contribution < 1.29 is 19.0 Å². The summed E-state index contributed by atoms with van der Waals surface area (Å²) >= 11 is 0. The minimum absolute atomic E-state index is 0.145. The predicted octanol–water partition coefficient (Wildman–Crippen LogP) is 0.999. The van der Waals surface area contributed by atoms with E-state index >= 15 is 0 Å². The molecule has 21 heavy (non-hydrogen) atoms. The lowest BCUT2D eigenvalue weighted by molar-refractivity contribution is -0.120. The highest BCUT2D eigenvalue weighted by atomic mass is 16.5. The Morgan fingerprint density at radius 2 is 2.19 bits per heavy atom. The molecule has 6 heteroatoms. The summed E-state index contributed by atoms with van der Waals surface area (Å²) in [7, 11) is 3.12. The fraction of sp³-hybridized carbons (Fsp3) is 0.533. The number of carbonyl (C=O) groups is 1. The molecular formula is C15H22N2O4. The van der Waals surface area contributed by atoms with Gasteiger partial charge in [0.25, 0.3) is 0 Å². The van der Waals surface area contributed by atoms with E-state index in [1.165, 1.54) is 0 Å². The normalized spacial score (nSPS) is 19.2. The first-order valence-electron chi connectivity index (χ1n) is 7.02. The van der Waals surface area contributed by atoms with Gasteiger partial charge in [-0.3, -0.25) is 10.1 Å². The number of amides is 1. The van der Waals surface area contributed by atoms with E-state index in [-0.39, 0.29) is 6.10 Å². The topological polar surface area (TPSA) is 82.8 Å². The molecule has 0 aliphatic carbocycles. The van der Waals surface area contributed by atoms with Crippen molar-refractivity contribution in [3.05, 3.63) is 23.8 Å². The smallest absolute Gasteiger partial charge is 0.239 e. The summed E-state index contributed by atoms with van der Waals surface area (Å²) in [4.78, 5) is 11.7. The monoisotopic (exact) mass is 294 g/mol. The summed E-state index contributed by atoms with van der Waals surface area (Å²) in [5.74, 6) is 0.754. The Hall–Kier alpha value is -1.79. The molecule has 1 saturated heterocycles. The van der Waals surface area contributed by atoms with Gasteiger partial charge in [0.15, 0.2) is 11.5 Å². The molecule has 1 aliphatic rings. The predicted molar refractivity (Wildman–Crippen MR) is 78.5 cm³/mol. The average molecular weight is 294 g/mol. The van der Waals surface area contributed by atoms with Crippen LogP contribution in [0.2, 0.25) is 0 Å². The molecule has 0 bridgehead atoms. The number of nitrogens with one attached hydrogen (secondary N) is 1. The Morgan fingerprint density at radius 3 is 2.76 bits per heavy atom. The van der Waals surface area contributed by atoms with E-state index in [2.05, 4.69) is 5.32 Å². The van der Waals surface area contributed by atoms with Crippen LogP contribution in [-0.2, 0) is 9.53 Å². The summed E-state index contributed by atoms with van der Waals surface area (Å²) in [5.41, 5.74) is 6.25. The first kappa shape index (κ1) is 15.6. The van der Waals surface area contributed by atoms with Crippen molar-refractivity contribution >= 4 is 5.91 Å². The molecule has 2 atom stereocenters. The van der Waals surface area contributed by atoms with E-state index < -0.39 is 11.9 Å². The number of hydrogen-bond donors (Lipinski definition) is 2. The first-order valence-corrected chi connectivity index (χ1v) is 7.02. The molecule has 1 fully saturated rings. The number of ether oxygens (including phenoxy) is 3. The SMILES string of the molecule is COc1ccc(C(NCC2CCCO2)C(N)=O)cc1OC. The van der Waals surface area contributed by atoms with Gasteiger partial charge >= 0.3 is 0 Å². The molecule has 1 aromatic carbocycles. The van der Waals surface area contributed by atoms with Crippen molar-refractivity contribution in [3.63, 3.8) is 0 Å². The van der Waals surface area contributed by atoms with Gasteiger partial charge in [0, 0.05) is 13.2 Å². The molecule has 2 unspecified atom stereocenters. The highest BCUT2D eigenvalue weighted by Gasteiger charge is 2.22. The van der Waals surface area contributed by atoms with E-state index in [1.807, 2.05) is 0 Å². The van der Waals surface area contributed by atoms with Gasteiger partial charge in [0.2, 0.25) is 5.91 Å². The summed E-state index contributed by atoms with van der Waals surface area (Å²) in [6.07, 6.45) is 2.21. The van der Waals surface area contributed by atoms with Crippen molar-refractivity contribution in [3.8, 4) is 11.5 Å². The van der Waals surface area contributed by atoms with Gasteiger partial charge in [-0.1, -0.05) is 6.07 Å². The molecule has 0 saturated carbocycles. The van der Waals surface area contributed by atoms with E-state index in [0.29, 0.717) is 18.0 Å². The van der Waals surface area contributed by atoms with Crippen LogP contribution < -0.4 is 20.5 Å². The molecule has 1 aliphatic heterocycles. The number of primary amides is 1. The zero-order chi connectivity index (χ0) is 15.2. The van der Waals surface area contributed by atoms with Crippen molar-refractivity contribution in [2.24, 2.45) is 5.73 Å². The second-order valence-corrected chi connectivity index (χ2v) is 4.99. The van der Waals surface area contributed by atoms with Crippen LogP contribution >= 0.6 is 0 Å². The molecule has 0 aromatic heterocycles. The fourth-order valence-electron chi connectivity index (χ4n) is 2.47. The minimum Gasteiger partial charge on any atom is -0.493 e. The molecule has 1 amide bonds. The van der Waals surface area contributed by atoms with E-state index in [0.717, 1.165) is 25.0 Å². The fourth-order valence-corrected chi connectivity index (χ4v) is 2.47. The summed E-state index contributed by atoms with van der Waals surface area (Å²) < 4.78 is 16.0. The van der Waals surface area contributed by atoms with Crippen molar-refractivity contribution in [1.82, 2.24) is 5.32 Å². The van der Waals surface area contributed by atoms with E-state index in [9.17, 15) is 4.79 Å². The Labute approximate surface area is 124 Å². The molecule has 1 aromatic rings. The van der Waals surface area contributed by atoms with Crippen molar-refractivity contribution in [2.75, 3.05) is 27.4 Å². The number of methoxy groups -OCH3 is 2. The zero-order valence-corrected chi connectivity index (χ0v) is 12.4. The maximum atomic E-state index is 11.7. The van der Waals surface area contributed by atoms with Crippen LogP contribution in [0.25, 0.3) is 0 Å². The summed E-state index contributed by atoms with van der Waals surface area (Å²) in [5, 5.41) is 3.17. The van der Waals surface area contributed by atoms with Gasteiger partial charge in [-0.2, -0.15) is 0 Å². The maximum Gasteiger partial charge on any atom is 0.239 e. The quantitative estimate of drug-likeness (QED) is 0.784. The lowest BCUT2D eigenvalue weighted by atomic mass is 10.0. The number of nitrogens with two attached hydrogens (primary N) is 1. The zero-order valence-electron chi connectivity index (χ0n) is 12.4.